The van der Waals surface area contributed by atoms with Crippen molar-refractivity contribution in [3.63, 3.8) is 0 Å². The molecule has 30 heavy (non-hydrogen) atoms. The second kappa shape index (κ2) is 9.01. The van der Waals surface area contributed by atoms with E-state index in [0.29, 0.717) is 17.0 Å². The van der Waals surface area contributed by atoms with Crippen LogP contribution in [0.25, 0.3) is 0 Å². The minimum absolute atomic E-state index is 0.0449. The summed E-state index contributed by atoms with van der Waals surface area (Å²) in [7, 11) is -2.54. The first-order valence-electron chi connectivity index (χ1n) is 8.53. The number of hydrogen-bond donors (Lipinski definition) is 2. The van der Waals surface area contributed by atoms with Crippen LogP contribution in [-0.2, 0) is 10.0 Å². The lowest BCUT2D eigenvalue weighted by Gasteiger charge is -2.10. The Labute approximate surface area is 172 Å². The Bertz CT molecular complexity index is 1170. The van der Waals surface area contributed by atoms with Crippen molar-refractivity contribution < 1.29 is 18.1 Å². The number of ether oxygens (including phenoxy) is 1. The summed E-state index contributed by atoms with van der Waals surface area (Å²) in [5.41, 5.74) is 3.15. The third kappa shape index (κ3) is 5.08. The summed E-state index contributed by atoms with van der Waals surface area (Å²) in [6.07, 6.45) is 4.61. The van der Waals surface area contributed by atoms with E-state index in [2.05, 4.69) is 20.2 Å². The maximum absolute atomic E-state index is 12.6. The van der Waals surface area contributed by atoms with E-state index in [0.717, 1.165) is 6.07 Å². The predicted molar refractivity (Wildman–Crippen MR) is 112 cm³/mol. The Morgan fingerprint density at radius 3 is 2.57 bits per heavy atom. The molecular formula is C19H17N5O5S. The number of nitro benzene ring substituents is 1. The fourth-order valence-corrected chi connectivity index (χ4v) is 3.50. The van der Waals surface area contributed by atoms with Gasteiger partial charge in [-0.05, 0) is 42.5 Å². The maximum atomic E-state index is 12.6. The minimum atomic E-state index is -4.04. The molecule has 3 rings (SSSR count). The highest BCUT2D eigenvalue weighted by molar-refractivity contribution is 7.92. The average molecular weight is 427 g/mol. The van der Waals surface area contributed by atoms with E-state index in [1.54, 1.807) is 36.7 Å². The lowest BCUT2D eigenvalue weighted by Crippen LogP contribution is -2.13. The van der Waals surface area contributed by atoms with Crippen LogP contribution in [0.4, 0.5) is 17.1 Å². The number of nitrogens with zero attached hydrogens (tertiary/aromatic N) is 3. The lowest BCUT2D eigenvalue weighted by molar-refractivity contribution is -0.384. The summed E-state index contributed by atoms with van der Waals surface area (Å²) in [6.45, 7) is 0. The van der Waals surface area contributed by atoms with Gasteiger partial charge in [-0.2, -0.15) is 5.10 Å². The highest BCUT2D eigenvalue weighted by Crippen LogP contribution is 2.29. The molecule has 1 aromatic heterocycles. The van der Waals surface area contributed by atoms with Crippen molar-refractivity contribution in [1.29, 1.82) is 0 Å². The van der Waals surface area contributed by atoms with E-state index in [4.69, 9.17) is 4.74 Å². The molecule has 154 valence electrons. The SMILES string of the molecule is COc1ccc(NS(=O)(=O)c2ccc(N/N=C/c3cccnc3)c([N+](=O)[O-])c2)cc1. The Hall–Kier alpha value is -3.99. The molecule has 3 aromatic rings. The number of methoxy groups -OCH3 is 1. The molecule has 1 heterocycles. The Kier molecular flexibility index (Phi) is 6.23. The fraction of sp³-hybridized carbons (Fsp3) is 0.0526. The van der Waals surface area contributed by atoms with E-state index in [9.17, 15) is 18.5 Å². The molecule has 0 spiro atoms. The molecule has 0 aliphatic rings. The summed E-state index contributed by atoms with van der Waals surface area (Å²) in [4.78, 5) is 14.4. The topological polar surface area (TPSA) is 136 Å². The van der Waals surface area contributed by atoms with Crippen molar-refractivity contribution in [3.05, 3.63) is 82.7 Å². The molecule has 2 N–H and O–H groups in total. The summed E-state index contributed by atoms with van der Waals surface area (Å²) in [5.74, 6) is 0.566. The highest BCUT2D eigenvalue weighted by Gasteiger charge is 2.21. The molecule has 0 aliphatic heterocycles. The van der Waals surface area contributed by atoms with Crippen LogP contribution in [0.15, 0.2) is 77.0 Å². The van der Waals surface area contributed by atoms with Gasteiger partial charge in [0.2, 0.25) is 0 Å². The van der Waals surface area contributed by atoms with Crippen LogP contribution >= 0.6 is 0 Å². The van der Waals surface area contributed by atoms with Gasteiger partial charge in [0.15, 0.2) is 0 Å². The molecule has 0 atom stereocenters. The van der Waals surface area contributed by atoms with Crippen molar-refractivity contribution in [2.45, 2.75) is 4.90 Å². The quantitative estimate of drug-likeness (QED) is 0.320. The highest BCUT2D eigenvalue weighted by atomic mass is 32.2. The Morgan fingerprint density at radius 1 is 1.17 bits per heavy atom. The third-order valence-corrected chi connectivity index (χ3v) is 5.28. The first kappa shape index (κ1) is 20.7. The maximum Gasteiger partial charge on any atom is 0.295 e. The number of benzene rings is 2. The molecule has 0 aliphatic carbocycles. The lowest BCUT2D eigenvalue weighted by atomic mass is 10.3. The van der Waals surface area contributed by atoms with Crippen molar-refractivity contribution >= 4 is 33.3 Å². The largest absolute Gasteiger partial charge is 0.497 e. The first-order chi connectivity index (χ1) is 14.4. The van der Waals surface area contributed by atoms with Gasteiger partial charge in [-0.15, -0.1) is 0 Å². The molecule has 0 unspecified atom stereocenters. The molecular weight excluding hydrogens is 410 g/mol. The van der Waals surface area contributed by atoms with Gasteiger partial charge in [0, 0.05) is 29.7 Å². The number of rotatable bonds is 8. The Morgan fingerprint density at radius 2 is 1.93 bits per heavy atom. The number of sulfonamides is 1. The summed E-state index contributed by atoms with van der Waals surface area (Å²) >= 11 is 0. The van der Waals surface area contributed by atoms with E-state index in [-0.39, 0.29) is 10.6 Å². The van der Waals surface area contributed by atoms with Gasteiger partial charge in [-0.25, -0.2) is 8.42 Å². The number of nitrogens with one attached hydrogen (secondary N) is 2. The first-order valence-corrected chi connectivity index (χ1v) is 10.0. The van der Waals surface area contributed by atoms with Crippen molar-refractivity contribution in [1.82, 2.24) is 4.98 Å². The van der Waals surface area contributed by atoms with Gasteiger partial charge in [0.05, 0.1) is 23.1 Å². The molecule has 0 saturated heterocycles. The second-order valence-corrected chi connectivity index (χ2v) is 7.61. The van der Waals surface area contributed by atoms with Crippen molar-refractivity contribution in [2.75, 3.05) is 17.3 Å². The van der Waals surface area contributed by atoms with E-state index in [1.165, 1.54) is 37.6 Å². The zero-order valence-corrected chi connectivity index (χ0v) is 16.5. The zero-order chi connectivity index (χ0) is 21.6. The number of hydrogen-bond acceptors (Lipinski definition) is 8. The van der Waals surface area contributed by atoms with Crippen molar-refractivity contribution in [3.8, 4) is 5.75 Å². The number of hydrazone groups is 1. The predicted octanol–water partition coefficient (Wildman–Crippen LogP) is 3.25. The Balaban J connectivity index is 1.82. The molecule has 0 radical (unpaired) electrons. The van der Waals surface area contributed by atoms with Crippen LogP contribution in [0.1, 0.15) is 5.56 Å². The summed E-state index contributed by atoms with van der Waals surface area (Å²) in [5, 5.41) is 15.4. The van der Waals surface area contributed by atoms with Gasteiger partial charge in [-0.3, -0.25) is 25.2 Å². The fourth-order valence-electron chi connectivity index (χ4n) is 2.43. The van der Waals surface area contributed by atoms with Gasteiger partial charge in [-0.1, -0.05) is 6.07 Å². The van der Waals surface area contributed by atoms with Gasteiger partial charge < -0.3 is 4.74 Å². The van der Waals surface area contributed by atoms with Crippen LogP contribution in [-0.4, -0.2) is 31.6 Å². The molecule has 0 bridgehead atoms. The van der Waals surface area contributed by atoms with E-state index >= 15 is 0 Å². The second-order valence-electron chi connectivity index (χ2n) is 5.93. The molecule has 11 heteroatoms. The monoisotopic (exact) mass is 427 g/mol. The molecule has 0 fully saturated rings. The van der Waals surface area contributed by atoms with E-state index in [1.807, 2.05) is 0 Å². The number of nitro groups is 1. The third-order valence-electron chi connectivity index (χ3n) is 3.90. The zero-order valence-electron chi connectivity index (χ0n) is 15.7. The molecule has 0 amide bonds. The molecule has 2 aromatic carbocycles. The smallest absolute Gasteiger partial charge is 0.295 e. The number of pyridine rings is 1. The normalized spacial score (nSPS) is 11.2. The average Bonchev–Trinajstić information content (AvgIpc) is 2.74. The van der Waals surface area contributed by atoms with Crippen LogP contribution < -0.4 is 14.9 Å². The van der Waals surface area contributed by atoms with Gasteiger partial charge >= 0.3 is 0 Å². The summed E-state index contributed by atoms with van der Waals surface area (Å²) < 4.78 is 32.6. The van der Waals surface area contributed by atoms with Gasteiger partial charge in [0.25, 0.3) is 15.7 Å². The van der Waals surface area contributed by atoms with Crippen LogP contribution in [0.5, 0.6) is 5.75 Å². The van der Waals surface area contributed by atoms with Gasteiger partial charge in [0.1, 0.15) is 11.4 Å². The minimum Gasteiger partial charge on any atom is -0.497 e. The van der Waals surface area contributed by atoms with Crippen molar-refractivity contribution in [2.24, 2.45) is 5.10 Å². The van der Waals surface area contributed by atoms with E-state index < -0.39 is 20.6 Å². The standard InChI is InChI=1S/C19H17N5O5S/c1-29-16-6-4-15(5-7-16)23-30(27,28)17-8-9-18(19(11-17)24(25)26)22-21-13-14-3-2-10-20-12-14/h2-13,22-23H,1H3/b21-13+. The number of aromatic nitrogens is 1. The van der Waals surface area contributed by atoms with Crippen LogP contribution in [0.2, 0.25) is 0 Å². The molecule has 0 saturated carbocycles. The number of anilines is 2. The summed E-state index contributed by atoms with van der Waals surface area (Å²) in [6, 6.07) is 13.2. The van der Waals surface area contributed by atoms with Crippen LogP contribution in [0, 0.1) is 10.1 Å². The van der Waals surface area contributed by atoms with Crippen LogP contribution in [0.3, 0.4) is 0 Å². The molecule has 10 nitrogen and oxygen atoms in total.